The molecule has 0 spiro atoms. The Morgan fingerprint density at radius 1 is 1.56 bits per heavy atom. The Hall–Kier alpha value is -1.74. The molecular formula is C12H14N4OS. The predicted octanol–water partition coefficient (Wildman–Crippen LogP) is 2.97. The molecule has 0 aromatic carbocycles. The molecule has 2 heterocycles. The van der Waals surface area contributed by atoms with Gasteiger partial charge < -0.3 is 9.51 Å². The molecule has 0 aliphatic heterocycles. The van der Waals surface area contributed by atoms with Crippen molar-refractivity contribution < 1.29 is 4.52 Å². The molecule has 0 saturated heterocycles. The van der Waals surface area contributed by atoms with Crippen LogP contribution in [0.2, 0.25) is 0 Å². The van der Waals surface area contributed by atoms with Crippen LogP contribution in [0, 0.1) is 11.3 Å². The molecule has 1 unspecified atom stereocenters. The number of aromatic amines is 1. The summed E-state index contributed by atoms with van der Waals surface area (Å²) in [6.07, 6.45) is 1.12. The second-order valence-corrected chi connectivity index (χ2v) is 5.37. The Balaban J connectivity index is 2.04. The predicted molar refractivity (Wildman–Crippen MR) is 69.8 cm³/mol. The zero-order valence-corrected chi connectivity index (χ0v) is 11.1. The van der Waals surface area contributed by atoms with Gasteiger partial charge in [-0.3, -0.25) is 0 Å². The third-order valence-electron chi connectivity index (χ3n) is 2.58. The molecule has 5 nitrogen and oxygen atoms in total. The van der Waals surface area contributed by atoms with Crippen LogP contribution in [0.5, 0.6) is 0 Å². The van der Waals surface area contributed by atoms with Crippen LogP contribution in [0.1, 0.15) is 31.8 Å². The quantitative estimate of drug-likeness (QED) is 0.896. The van der Waals surface area contributed by atoms with E-state index < -0.39 is 0 Å². The average Bonchev–Trinajstić information content (AvgIpc) is 3.03. The summed E-state index contributed by atoms with van der Waals surface area (Å²) < 4.78 is 5.16. The van der Waals surface area contributed by atoms with Crippen LogP contribution in [0.25, 0.3) is 11.6 Å². The van der Waals surface area contributed by atoms with Crippen LogP contribution in [-0.2, 0) is 5.75 Å². The summed E-state index contributed by atoms with van der Waals surface area (Å²) in [7, 11) is 0. The summed E-state index contributed by atoms with van der Waals surface area (Å²) in [6.45, 7) is 4.33. The van der Waals surface area contributed by atoms with Crippen molar-refractivity contribution in [2.45, 2.75) is 31.3 Å². The monoisotopic (exact) mass is 262 g/mol. The fraction of sp³-hybridized carbons (Fsp3) is 0.417. The van der Waals surface area contributed by atoms with Crippen molar-refractivity contribution in [3.8, 4) is 17.7 Å². The van der Waals surface area contributed by atoms with E-state index >= 15 is 0 Å². The van der Waals surface area contributed by atoms with Gasteiger partial charge in [-0.15, -0.1) is 0 Å². The molecule has 6 heteroatoms. The standard InChI is InChI=1S/C12H14N4OS/c1-3-8(2)18-7-11-15-12(17-16-11)10-5-4-9(6-13)14-10/h4-5,8,14H,3,7H2,1-2H3. The van der Waals surface area contributed by atoms with Crippen LogP contribution in [0.4, 0.5) is 0 Å². The fourth-order valence-corrected chi connectivity index (χ4v) is 2.13. The minimum atomic E-state index is 0.427. The second-order valence-electron chi connectivity index (χ2n) is 3.94. The van der Waals surface area contributed by atoms with Gasteiger partial charge in [0.05, 0.1) is 5.75 Å². The van der Waals surface area contributed by atoms with E-state index in [2.05, 4.69) is 29.0 Å². The largest absolute Gasteiger partial charge is 0.342 e. The normalized spacial score (nSPS) is 12.3. The lowest BCUT2D eigenvalue weighted by molar-refractivity contribution is 0.424. The highest BCUT2D eigenvalue weighted by molar-refractivity contribution is 7.99. The van der Waals surface area contributed by atoms with Crippen molar-refractivity contribution in [1.82, 2.24) is 15.1 Å². The molecule has 0 aliphatic carbocycles. The SMILES string of the molecule is CCC(C)SCc1noc(-c2ccc(C#N)[nH]2)n1. The number of hydrogen-bond acceptors (Lipinski definition) is 5. The van der Waals surface area contributed by atoms with Crippen molar-refractivity contribution in [3.63, 3.8) is 0 Å². The summed E-state index contributed by atoms with van der Waals surface area (Å²) in [5.41, 5.74) is 1.16. The third kappa shape index (κ3) is 2.93. The van der Waals surface area contributed by atoms with E-state index in [1.54, 1.807) is 23.9 Å². The molecule has 0 radical (unpaired) electrons. The summed E-state index contributed by atoms with van der Waals surface area (Å²) >= 11 is 1.80. The first-order valence-electron chi connectivity index (χ1n) is 5.76. The van der Waals surface area contributed by atoms with Gasteiger partial charge in [0.25, 0.3) is 5.89 Å². The van der Waals surface area contributed by atoms with E-state index in [0.717, 1.165) is 12.2 Å². The van der Waals surface area contributed by atoms with Gasteiger partial charge in [-0.25, -0.2) is 0 Å². The number of hydrogen-bond donors (Lipinski definition) is 1. The minimum absolute atomic E-state index is 0.427. The Bertz CT molecular complexity index is 554. The number of thioether (sulfide) groups is 1. The number of nitrogens with zero attached hydrogens (tertiary/aromatic N) is 3. The lowest BCUT2D eigenvalue weighted by Crippen LogP contribution is -1.94. The fourth-order valence-electron chi connectivity index (χ4n) is 1.34. The van der Waals surface area contributed by atoms with Crippen molar-refractivity contribution in [2.24, 2.45) is 0 Å². The smallest absolute Gasteiger partial charge is 0.274 e. The van der Waals surface area contributed by atoms with Crippen LogP contribution in [-0.4, -0.2) is 20.4 Å². The van der Waals surface area contributed by atoms with Crippen LogP contribution in [0.15, 0.2) is 16.7 Å². The zero-order chi connectivity index (χ0) is 13.0. The first kappa shape index (κ1) is 12.7. The maximum Gasteiger partial charge on any atom is 0.274 e. The molecule has 0 bridgehead atoms. The molecule has 0 fully saturated rings. The molecular weight excluding hydrogens is 248 g/mol. The maximum atomic E-state index is 8.72. The lowest BCUT2D eigenvalue weighted by Gasteiger charge is -2.04. The van der Waals surface area contributed by atoms with Gasteiger partial charge in [-0.05, 0) is 18.6 Å². The van der Waals surface area contributed by atoms with Crippen LogP contribution >= 0.6 is 11.8 Å². The molecule has 2 aromatic rings. The Morgan fingerprint density at radius 3 is 3.06 bits per heavy atom. The Kier molecular flexibility index (Phi) is 4.05. The van der Waals surface area contributed by atoms with Crippen molar-refractivity contribution >= 4 is 11.8 Å². The molecule has 1 atom stereocenters. The van der Waals surface area contributed by atoms with Crippen molar-refractivity contribution in [2.75, 3.05) is 0 Å². The number of nitriles is 1. The van der Waals surface area contributed by atoms with Gasteiger partial charge in [-0.2, -0.15) is 22.0 Å². The van der Waals surface area contributed by atoms with E-state index in [-0.39, 0.29) is 0 Å². The van der Waals surface area contributed by atoms with Gasteiger partial charge in [0.1, 0.15) is 17.5 Å². The number of aromatic nitrogens is 3. The second kappa shape index (κ2) is 5.74. The molecule has 0 aliphatic rings. The Labute approximate surface area is 110 Å². The lowest BCUT2D eigenvalue weighted by atomic mass is 10.4. The molecule has 2 rings (SSSR count). The number of rotatable bonds is 5. The molecule has 18 heavy (non-hydrogen) atoms. The van der Waals surface area contributed by atoms with Gasteiger partial charge >= 0.3 is 0 Å². The van der Waals surface area contributed by atoms with E-state index in [0.29, 0.717) is 28.4 Å². The van der Waals surface area contributed by atoms with E-state index in [1.807, 2.05) is 6.07 Å². The average molecular weight is 262 g/mol. The van der Waals surface area contributed by atoms with Gasteiger partial charge in [0, 0.05) is 5.25 Å². The molecule has 2 aromatic heterocycles. The zero-order valence-electron chi connectivity index (χ0n) is 10.3. The number of nitrogens with one attached hydrogen (secondary N) is 1. The topological polar surface area (TPSA) is 78.5 Å². The molecule has 0 amide bonds. The van der Waals surface area contributed by atoms with Crippen LogP contribution < -0.4 is 0 Å². The molecule has 0 saturated carbocycles. The summed E-state index contributed by atoms with van der Waals surface area (Å²) in [6, 6.07) is 5.47. The van der Waals surface area contributed by atoms with E-state index in [4.69, 9.17) is 9.78 Å². The number of H-pyrrole nitrogens is 1. The van der Waals surface area contributed by atoms with Gasteiger partial charge in [-0.1, -0.05) is 19.0 Å². The Morgan fingerprint density at radius 2 is 2.39 bits per heavy atom. The highest BCUT2D eigenvalue weighted by Gasteiger charge is 2.11. The molecule has 1 N–H and O–H groups in total. The van der Waals surface area contributed by atoms with Crippen molar-refractivity contribution in [3.05, 3.63) is 23.7 Å². The summed E-state index contributed by atoms with van der Waals surface area (Å²) in [5, 5.41) is 13.2. The maximum absolute atomic E-state index is 8.72. The molecule has 94 valence electrons. The van der Waals surface area contributed by atoms with E-state index in [9.17, 15) is 0 Å². The van der Waals surface area contributed by atoms with Gasteiger partial charge in [0.2, 0.25) is 0 Å². The summed E-state index contributed by atoms with van der Waals surface area (Å²) in [5.74, 6) is 1.85. The minimum Gasteiger partial charge on any atom is -0.342 e. The van der Waals surface area contributed by atoms with Crippen LogP contribution in [0.3, 0.4) is 0 Å². The van der Waals surface area contributed by atoms with Gasteiger partial charge in [0.15, 0.2) is 5.82 Å². The first-order valence-corrected chi connectivity index (χ1v) is 6.81. The summed E-state index contributed by atoms with van der Waals surface area (Å²) in [4.78, 5) is 7.20. The van der Waals surface area contributed by atoms with E-state index in [1.165, 1.54) is 0 Å². The third-order valence-corrected chi connectivity index (χ3v) is 3.90. The first-order chi connectivity index (χ1) is 8.72. The van der Waals surface area contributed by atoms with Crippen molar-refractivity contribution in [1.29, 1.82) is 5.26 Å². The highest BCUT2D eigenvalue weighted by atomic mass is 32.2. The highest BCUT2D eigenvalue weighted by Crippen LogP contribution is 2.21.